The minimum absolute atomic E-state index is 0.0849. The average Bonchev–Trinajstić information content (AvgIpc) is 2.83. The Morgan fingerprint density at radius 2 is 1.50 bits per heavy atom. The summed E-state index contributed by atoms with van der Waals surface area (Å²) < 4.78 is 16.1. The maximum absolute atomic E-state index is 13.0. The van der Waals surface area contributed by atoms with E-state index in [-0.39, 0.29) is 18.2 Å². The van der Waals surface area contributed by atoms with Crippen molar-refractivity contribution in [3.8, 4) is 17.2 Å². The monoisotopic (exact) mass is 442 g/mol. The topological polar surface area (TPSA) is 77.1 Å². The lowest BCUT2D eigenvalue weighted by Gasteiger charge is -2.29. The van der Waals surface area contributed by atoms with Gasteiger partial charge in [-0.25, -0.2) is 0 Å². The Bertz CT molecular complexity index is 836. The number of benzene rings is 2. The fourth-order valence-electron chi connectivity index (χ4n) is 3.14. The van der Waals surface area contributed by atoms with Crippen LogP contribution in [0, 0.1) is 0 Å². The highest BCUT2D eigenvalue weighted by molar-refractivity contribution is 5.87. The molecule has 0 radical (unpaired) electrons. The van der Waals surface area contributed by atoms with E-state index in [1.807, 2.05) is 55.5 Å². The van der Waals surface area contributed by atoms with Crippen molar-refractivity contribution in [3.05, 3.63) is 54.1 Å². The van der Waals surface area contributed by atoms with Crippen molar-refractivity contribution in [3.63, 3.8) is 0 Å². The molecular weight excluding hydrogens is 408 g/mol. The molecule has 1 N–H and O–H groups in total. The molecule has 0 bridgehead atoms. The molecule has 0 saturated carbocycles. The van der Waals surface area contributed by atoms with Crippen LogP contribution in [0.5, 0.6) is 17.2 Å². The Hall–Kier alpha value is -3.22. The fourth-order valence-corrected chi connectivity index (χ4v) is 3.14. The number of carbonyl (C=O) groups is 2. The molecule has 2 aromatic carbocycles. The number of amides is 2. The van der Waals surface area contributed by atoms with Gasteiger partial charge in [0, 0.05) is 19.5 Å². The molecule has 0 aliphatic carbocycles. The Kier molecular flexibility index (Phi) is 10.4. The van der Waals surface area contributed by atoms with Crippen LogP contribution in [0.3, 0.4) is 0 Å². The van der Waals surface area contributed by atoms with Crippen molar-refractivity contribution in [1.29, 1.82) is 0 Å². The van der Waals surface area contributed by atoms with Gasteiger partial charge in [0.2, 0.25) is 11.8 Å². The molecule has 2 amide bonds. The molecule has 0 aliphatic rings. The second-order valence-corrected chi connectivity index (χ2v) is 7.46. The van der Waals surface area contributed by atoms with Crippen LogP contribution in [0.1, 0.15) is 38.7 Å². The molecule has 2 rings (SSSR count). The van der Waals surface area contributed by atoms with Crippen molar-refractivity contribution in [2.75, 3.05) is 27.4 Å². The third-order valence-electron chi connectivity index (χ3n) is 5.09. The molecule has 1 atom stereocenters. The van der Waals surface area contributed by atoms with Gasteiger partial charge in [0.1, 0.15) is 23.3 Å². The number of ether oxygens (including phenoxy) is 3. The first-order valence-corrected chi connectivity index (χ1v) is 11.0. The predicted octanol–water partition coefficient (Wildman–Crippen LogP) is 3.81. The second kappa shape index (κ2) is 13.2. The molecule has 0 unspecified atom stereocenters. The highest BCUT2D eigenvalue weighted by Gasteiger charge is 2.25. The number of nitrogens with one attached hydrogen (secondary N) is 1. The van der Waals surface area contributed by atoms with Gasteiger partial charge in [-0.1, -0.05) is 19.1 Å². The van der Waals surface area contributed by atoms with Gasteiger partial charge in [0.15, 0.2) is 0 Å². The zero-order chi connectivity index (χ0) is 23.3. The van der Waals surface area contributed by atoms with E-state index >= 15 is 0 Å². The number of methoxy groups -OCH3 is 2. The summed E-state index contributed by atoms with van der Waals surface area (Å²) in [5.41, 5.74) is 0.934. The SMILES string of the molecule is CCCNC(=O)[C@@H](C)N(Cc1ccc(OC)cc1)C(=O)CCCOc1ccc(OC)cc1. The van der Waals surface area contributed by atoms with E-state index in [4.69, 9.17) is 14.2 Å². The molecule has 0 heterocycles. The molecule has 7 heteroatoms. The zero-order valence-corrected chi connectivity index (χ0v) is 19.4. The normalized spacial score (nSPS) is 11.4. The number of hydrogen-bond donors (Lipinski definition) is 1. The summed E-state index contributed by atoms with van der Waals surface area (Å²) >= 11 is 0. The Morgan fingerprint density at radius 1 is 0.938 bits per heavy atom. The predicted molar refractivity (Wildman–Crippen MR) is 124 cm³/mol. The number of nitrogens with zero attached hydrogens (tertiary/aromatic N) is 1. The van der Waals surface area contributed by atoms with Gasteiger partial charge in [-0.05, 0) is 61.7 Å². The molecule has 0 fully saturated rings. The van der Waals surface area contributed by atoms with Gasteiger partial charge in [-0.15, -0.1) is 0 Å². The van der Waals surface area contributed by atoms with Crippen LogP contribution < -0.4 is 19.5 Å². The number of hydrogen-bond acceptors (Lipinski definition) is 5. The maximum atomic E-state index is 13.0. The fraction of sp³-hybridized carbons (Fsp3) is 0.440. The first-order valence-electron chi connectivity index (χ1n) is 11.0. The van der Waals surface area contributed by atoms with Crippen LogP contribution in [-0.4, -0.2) is 50.1 Å². The molecule has 2 aromatic rings. The Labute approximate surface area is 190 Å². The number of carbonyl (C=O) groups excluding carboxylic acids is 2. The van der Waals surface area contributed by atoms with Crippen molar-refractivity contribution in [2.24, 2.45) is 0 Å². The van der Waals surface area contributed by atoms with Crippen LogP contribution in [0.15, 0.2) is 48.5 Å². The Balaban J connectivity index is 1.97. The van der Waals surface area contributed by atoms with Crippen molar-refractivity contribution < 1.29 is 23.8 Å². The van der Waals surface area contributed by atoms with Gasteiger partial charge in [-0.2, -0.15) is 0 Å². The van der Waals surface area contributed by atoms with E-state index in [0.29, 0.717) is 26.1 Å². The van der Waals surface area contributed by atoms with Crippen LogP contribution in [-0.2, 0) is 16.1 Å². The summed E-state index contributed by atoms with van der Waals surface area (Å²) in [5.74, 6) is 2.00. The first-order chi connectivity index (χ1) is 15.5. The molecule has 32 heavy (non-hydrogen) atoms. The summed E-state index contributed by atoms with van der Waals surface area (Å²) in [6.07, 6.45) is 1.68. The number of rotatable bonds is 13. The van der Waals surface area contributed by atoms with Crippen LogP contribution in [0.4, 0.5) is 0 Å². The smallest absolute Gasteiger partial charge is 0.242 e. The van der Waals surface area contributed by atoms with E-state index in [0.717, 1.165) is 29.2 Å². The lowest BCUT2D eigenvalue weighted by atomic mass is 10.1. The molecule has 0 aromatic heterocycles. The summed E-state index contributed by atoms with van der Waals surface area (Å²) in [4.78, 5) is 27.2. The van der Waals surface area contributed by atoms with Gasteiger partial charge < -0.3 is 24.4 Å². The molecule has 7 nitrogen and oxygen atoms in total. The molecule has 0 spiro atoms. The summed E-state index contributed by atoms with van der Waals surface area (Å²) in [6.45, 7) is 5.10. The van der Waals surface area contributed by atoms with Crippen molar-refractivity contribution in [1.82, 2.24) is 10.2 Å². The highest BCUT2D eigenvalue weighted by Crippen LogP contribution is 2.18. The molecule has 174 valence electrons. The minimum Gasteiger partial charge on any atom is -0.497 e. The van der Waals surface area contributed by atoms with E-state index in [1.165, 1.54) is 0 Å². The van der Waals surface area contributed by atoms with Gasteiger partial charge >= 0.3 is 0 Å². The lowest BCUT2D eigenvalue weighted by Crippen LogP contribution is -2.47. The summed E-state index contributed by atoms with van der Waals surface area (Å²) in [6, 6.07) is 14.3. The quantitative estimate of drug-likeness (QED) is 0.478. The van der Waals surface area contributed by atoms with Crippen LogP contribution in [0.25, 0.3) is 0 Å². The summed E-state index contributed by atoms with van der Waals surface area (Å²) in [7, 11) is 3.22. The van der Waals surface area contributed by atoms with Crippen molar-refractivity contribution in [2.45, 2.75) is 45.7 Å². The Morgan fingerprint density at radius 3 is 2.06 bits per heavy atom. The average molecular weight is 443 g/mol. The third kappa shape index (κ3) is 7.80. The first kappa shape index (κ1) is 25.0. The van der Waals surface area contributed by atoms with E-state index in [1.54, 1.807) is 26.0 Å². The maximum Gasteiger partial charge on any atom is 0.242 e. The van der Waals surface area contributed by atoms with Gasteiger partial charge in [0.25, 0.3) is 0 Å². The van der Waals surface area contributed by atoms with Crippen LogP contribution in [0.2, 0.25) is 0 Å². The largest absolute Gasteiger partial charge is 0.497 e. The van der Waals surface area contributed by atoms with Crippen LogP contribution >= 0.6 is 0 Å². The van der Waals surface area contributed by atoms with E-state index in [2.05, 4.69) is 5.32 Å². The minimum atomic E-state index is -0.571. The standard InChI is InChI=1S/C25H34N2O5/c1-5-16-26-25(29)19(2)27(18-20-8-10-21(30-3)11-9-20)24(28)7-6-17-32-23-14-12-22(31-4)13-15-23/h8-15,19H,5-7,16-18H2,1-4H3,(H,26,29)/t19-/m1/s1. The van der Waals surface area contributed by atoms with Gasteiger partial charge in [0.05, 0.1) is 20.8 Å². The highest BCUT2D eigenvalue weighted by atomic mass is 16.5. The van der Waals surface area contributed by atoms with Crippen molar-refractivity contribution >= 4 is 11.8 Å². The lowest BCUT2D eigenvalue weighted by molar-refractivity contribution is -0.140. The molecule has 0 aliphatic heterocycles. The van der Waals surface area contributed by atoms with E-state index < -0.39 is 6.04 Å². The molecule has 0 saturated heterocycles. The second-order valence-electron chi connectivity index (χ2n) is 7.46. The van der Waals surface area contributed by atoms with E-state index in [9.17, 15) is 9.59 Å². The molecular formula is C25H34N2O5. The third-order valence-corrected chi connectivity index (χ3v) is 5.09. The zero-order valence-electron chi connectivity index (χ0n) is 19.4. The van der Waals surface area contributed by atoms with Gasteiger partial charge in [-0.3, -0.25) is 9.59 Å². The summed E-state index contributed by atoms with van der Waals surface area (Å²) in [5, 5.41) is 2.88.